The molecule has 16 heavy (non-hydrogen) atoms. The Labute approximate surface area is 89.3 Å². The third kappa shape index (κ3) is 1.52. The molecular weight excluding hydrogens is 215 g/mol. The molecule has 2 rings (SSSR count). The van der Waals surface area contributed by atoms with Crippen LogP contribution in [0.3, 0.4) is 0 Å². The summed E-state index contributed by atoms with van der Waals surface area (Å²) in [7, 11) is 0. The summed E-state index contributed by atoms with van der Waals surface area (Å²) in [5.74, 6) is -1.12. The summed E-state index contributed by atoms with van der Waals surface area (Å²) in [4.78, 5) is 10.6. The maximum Gasteiger partial charge on any atom is 0.167 e. The fourth-order valence-corrected chi connectivity index (χ4v) is 1.29. The molecule has 0 amide bonds. The second kappa shape index (κ2) is 3.69. The number of nitrogens with zero attached hydrogens (tertiary/aromatic N) is 4. The molecule has 0 aliphatic carbocycles. The van der Waals surface area contributed by atoms with Crippen LogP contribution in [0.2, 0.25) is 0 Å². The Bertz CT molecular complexity index is 552. The largest absolute Gasteiger partial charge is 0.504 e. The van der Waals surface area contributed by atoms with Crippen molar-refractivity contribution in [2.24, 2.45) is 0 Å². The Morgan fingerprint density at radius 3 is 2.81 bits per heavy atom. The topological polar surface area (TPSA) is 80.9 Å². The highest BCUT2D eigenvalue weighted by Crippen LogP contribution is 2.23. The Morgan fingerprint density at radius 1 is 1.50 bits per heavy atom. The SMILES string of the molecule is Cc1nnnn1-c1cc(F)c(O)c(C=O)c1. The predicted molar refractivity (Wildman–Crippen MR) is 50.9 cm³/mol. The average molecular weight is 222 g/mol. The number of halogens is 1. The summed E-state index contributed by atoms with van der Waals surface area (Å²) in [5, 5.41) is 19.9. The minimum Gasteiger partial charge on any atom is -0.504 e. The van der Waals surface area contributed by atoms with Gasteiger partial charge in [0.25, 0.3) is 0 Å². The summed E-state index contributed by atoms with van der Waals surface area (Å²) >= 11 is 0. The smallest absolute Gasteiger partial charge is 0.167 e. The fourth-order valence-electron chi connectivity index (χ4n) is 1.29. The Kier molecular flexibility index (Phi) is 2.35. The van der Waals surface area contributed by atoms with E-state index in [1.807, 2.05) is 0 Å². The van der Waals surface area contributed by atoms with Crippen molar-refractivity contribution in [3.05, 3.63) is 29.3 Å². The highest BCUT2D eigenvalue weighted by Gasteiger charge is 2.12. The van der Waals surface area contributed by atoms with E-state index in [0.717, 1.165) is 6.07 Å². The van der Waals surface area contributed by atoms with Crippen LogP contribution in [0.1, 0.15) is 16.2 Å². The van der Waals surface area contributed by atoms with E-state index in [2.05, 4.69) is 15.5 Å². The van der Waals surface area contributed by atoms with Crippen LogP contribution in [0.4, 0.5) is 4.39 Å². The van der Waals surface area contributed by atoms with Crippen LogP contribution in [-0.2, 0) is 0 Å². The molecule has 1 aromatic carbocycles. The molecule has 2 aromatic rings. The molecule has 1 N–H and O–H groups in total. The fraction of sp³-hybridized carbons (Fsp3) is 0.111. The van der Waals surface area contributed by atoms with Crippen LogP contribution < -0.4 is 0 Å². The number of hydrogen-bond donors (Lipinski definition) is 1. The van der Waals surface area contributed by atoms with Gasteiger partial charge in [-0.2, -0.15) is 4.68 Å². The van der Waals surface area contributed by atoms with Crippen molar-refractivity contribution in [1.82, 2.24) is 20.2 Å². The number of hydrogen-bond acceptors (Lipinski definition) is 5. The first-order valence-corrected chi connectivity index (χ1v) is 4.36. The van der Waals surface area contributed by atoms with Crippen molar-refractivity contribution in [2.45, 2.75) is 6.92 Å². The van der Waals surface area contributed by atoms with Crippen LogP contribution in [0.15, 0.2) is 12.1 Å². The number of phenols is 1. The van der Waals surface area contributed by atoms with Gasteiger partial charge in [-0.15, -0.1) is 5.10 Å². The molecule has 0 atom stereocenters. The number of rotatable bonds is 2. The van der Waals surface area contributed by atoms with E-state index in [1.54, 1.807) is 6.92 Å². The average Bonchev–Trinajstić information content (AvgIpc) is 2.68. The monoisotopic (exact) mass is 222 g/mol. The lowest BCUT2D eigenvalue weighted by molar-refractivity contribution is 0.112. The summed E-state index contributed by atoms with van der Waals surface area (Å²) < 4.78 is 14.5. The van der Waals surface area contributed by atoms with Crippen molar-refractivity contribution in [3.63, 3.8) is 0 Å². The van der Waals surface area contributed by atoms with Crippen LogP contribution in [0.25, 0.3) is 5.69 Å². The molecule has 0 aliphatic heterocycles. The van der Waals surface area contributed by atoms with Gasteiger partial charge >= 0.3 is 0 Å². The lowest BCUT2D eigenvalue weighted by atomic mass is 10.2. The third-order valence-corrected chi connectivity index (χ3v) is 2.07. The van der Waals surface area contributed by atoms with Crippen LogP contribution in [0.5, 0.6) is 5.75 Å². The number of benzene rings is 1. The van der Waals surface area contributed by atoms with Crippen molar-refractivity contribution in [3.8, 4) is 11.4 Å². The van der Waals surface area contributed by atoms with Crippen LogP contribution in [-0.4, -0.2) is 31.6 Å². The number of carbonyl (C=O) groups excluding carboxylic acids is 1. The van der Waals surface area contributed by atoms with Gasteiger partial charge in [-0.1, -0.05) is 0 Å². The first-order chi connectivity index (χ1) is 7.63. The zero-order valence-corrected chi connectivity index (χ0v) is 8.25. The first-order valence-electron chi connectivity index (χ1n) is 4.36. The molecule has 0 unspecified atom stereocenters. The molecule has 0 saturated carbocycles. The van der Waals surface area contributed by atoms with Gasteiger partial charge in [0, 0.05) is 6.07 Å². The second-order valence-corrected chi connectivity index (χ2v) is 3.12. The molecule has 0 fully saturated rings. The predicted octanol–water partition coefficient (Wildman–Crippen LogP) is 0.628. The zero-order valence-electron chi connectivity index (χ0n) is 8.25. The van der Waals surface area contributed by atoms with Gasteiger partial charge in [-0.25, -0.2) is 4.39 Å². The standard InChI is InChI=1S/C9H7FN4O2/c1-5-11-12-13-14(5)7-2-6(4-15)9(16)8(10)3-7/h2-4,16H,1H3. The van der Waals surface area contributed by atoms with E-state index in [0.29, 0.717) is 12.1 Å². The van der Waals surface area contributed by atoms with Gasteiger partial charge in [-0.3, -0.25) is 4.79 Å². The van der Waals surface area contributed by atoms with Gasteiger partial charge in [0.05, 0.1) is 11.3 Å². The van der Waals surface area contributed by atoms with Crippen molar-refractivity contribution in [2.75, 3.05) is 0 Å². The maximum atomic E-state index is 13.3. The number of carbonyl (C=O) groups is 1. The molecular formula is C9H7FN4O2. The van der Waals surface area contributed by atoms with E-state index in [9.17, 15) is 14.3 Å². The third-order valence-electron chi connectivity index (χ3n) is 2.07. The minimum absolute atomic E-state index is 0.148. The summed E-state index contributed by atoms with van der Waals surface area (Å²) in [6.07, 6.45) is 0.363. The van der Waals surface area contributed by atoms with E-state index >= 15 is 0 Å². The maximum absolute atomic E-state index is 13.3. The van der Waals surface area contributed by atoms with Gasteiger partial charge in [0.2, 0.25) is 0 Å². The van der Waals surface area contributed by atoms with Gasteiger partial charge in [0.15, 0.2) is 23.7 Å². The lowest BCUT2D eigenvalue weighted by Crippen LogP contribution is -2.01. The van der Waals surface area contributed by atoms with E-state index < -0.39 is 11.6 Å². The van der Waals surface area contributed by atoms with E-state index in [1.165, 1.54) is 10.7 Å². The second-order valence-electron chi connectivity index (χ2n) is 3.12. The van der Waals surface area contributed by atoms with Gasteiger partial charge in [-0.05, 0) is 23.4 Å². The van der Waals surface area contributed by atoms with Crippen molar-refractivity contribution < 1.29 is 14.3 Å². The quantitative estimate of drug-likeness (QED) is 0.753. The minimum atomic E-state index is -0.894. The molecule has 0 saturated heterocycles. The summed E-state index contributed by atoms with van der Waals surface area (Å²) in [6.45, 7) is 1.63. The number of phenolic OH excluding ortho intramolecular Hbond substituents is 1. The molecule has 0 spiro atoms. The summed E-state index contributed by atoms with van der Waals surface area (Å²) in [6, 6.07) is 2.35. The van der Waals surface area contributed by atoms with E-state index in [4.69, 9.17) is 0 Å². The van der Waals surface area contributed by atoms with Crippen molar-refractivity contribution in [1.29, 1.82) is 0 Å². The Hall–Kier alpha value is -2.31. The van der Waals surface area contributed by atoms with E-state index in [-0.39, 0.29) is 11.3 Å². The number of aldehydes is 1. The number of tetrazole rings is 1. The first kappa shape index (κ1) is 10.2. The molecule has 1 heterocycles. The van der Waals surface area contributed by atoms with Gasteiger partial charge < -0.3 is 5.11 Å². The Balaban J connectivity index is 2.63. The van der Waals surface area contributed by atoms with Crippen molar-refractivity contribution >= 4 is 6.29 Å². The number of aromatic nitrogens is 4. The highest BCUT2D eigenvalue weighted by molar-refractivity contribution is 5.80. The number of aromatic hydroxyl groups is 1. The zero-order chi connectivity index (χ0) is 11.7. The molecule has 0 aliphatic rings. The van der Waals surface area contributed by atoms with Crippen LogP contribution >= 0.6 is 0 Å². The number of aryl methyl sites for hydroxylation is 1. The molecule has 0 radical (unpaired) electrons. The summed E-state index contributed by atoms with van der Waals surface area (Å²) in [5.41, 5.74) is 0.129. The molecule has 0 bridgehead atoms. The van der Waals surface area contributed by atoms with Crippen LogP contribution in [0, 0.1) is 12.7 Å². The molecule has 7 heteroatoms. The van der Waals surface area contributed by atoms with Gasteiger partial charge in [0.1, 0.15) is 0 Å². The molecule has 82 valence electrons. The molecule has 1 aromatic heterocycles. The molecule has 6 nitrogen and oxygen atoms in total. The lowest BCUT2D eigenvalue weighted by Gasteiger charge is -2.05. The Morgan fingerprint density at radius 2 is 2.25 bits per heavy atom. The normalized spacial score (nSPS) is 10.4. The highest BCUT2D eigenvalue weighted by atomic mass is 19.1.